The van der Waals surface area contributed by atoms with Gasteiger partial charge in [0.05, 0.1) is 4.47 Å². The zero-order chi connectivity index (χ0) is 12.8. The van der Waals surface area contributed by atoms with Gasteiger partial charge >= 0.3 is 0 Å². The first kappa shape index (κ1) is 14.8. The van der Waals surface area contributed by atoms with Crippen molar-refractivity contribution >= 4 is 27.5 Å². The van der Waals surface area contributed by atoms with Crippen molar-refractivity contribution in [2.75, 3.05) is 13.2 Å². The van der Waals surface area contributed by atoms with Crippen molar-refractivity contribution in [2.24, 2.45) is 0 Å². The number of hydrogen-bond acceptors (Lipinski definition) is 3. The molecule has 5 heteroatoms. The highest BCUT2D eigenvalue weighted by Crippen LogP contribution is 2.27. The zero-order valence-electron chi connectivity index (χ0n) is 9.91. The quantitative estimate of drug-likeness (QED) is 0.846. The number of ether oxygens (including phenoxy) is 1. The highest BCUT2D eigenvalue weighted by atomic mass is 79.9. The van der Waals surface area contributed by atoms with E-state index in [2.05, 4.69) is 21.2 Å². The van der Waals surface area contributed by atoms with Crippen molar-refractivity contribution in [3.8, 4) is 5.75 Å². The largest absolute Gasteiger partial charge is 0.490 e. The summed E-state index contributed by atoms with van der Waals surface area (Å²) in [6.07, 6.45) is -0.528. The van der Waals surface area contributed by atoms with Crippen LogP contribution in [0, 0.1) is 0 Å². The highest BCUT2D eigenvalue weighted by Gasteiger charge is 2.08. The molecule has 0 bridgehead atoms. The molecule has 0 aliphatic rings. The van der Waals surface area contributed by atoms with Gasteiger partial charge in [0.2, 0.25) is 0 Å². The van der Waals surface area contributed by atoms with Crippen LogP contribution in [0.3, 0.4) is 0 Å². The van der Waals surface area contributed by atoms with Gasteiger partial charge in [-0.05, 0) is 34.1 Å². The molecule has 17 heavy (non-hydrogen) atoms. The molecule has 0 aromatic heterocycles. The molecule has 1 unspecified atom stereocenters. The average molecular weight is 323 g/mol. The molecule has 0 aliphatic carbocycles. The minimum absolute atomic E-state index is 0.250. The van der Waals surface area contributed by atoms with Gasteiger partial charge in [0.25, 0.3) is 0 Å². The smallest absolute Gasteiger partial charge is 0.133 e. The first-order chi connectivity index (χ1) is 7.99. The summed E-state index contributed by atoms with van der Waals surface area (Å²) in [4.78, 5) is 0. The summed E-state index contributed by atoms with van der Waals surface area (Å²) in [6.45, 7) is 4.83. The molecule has 0 heterocycles. The molecule has 1 aromatic carbocycles. The molecule has 0 spiro atoms. The molecule has 0 saturated carbocycles. The van der Waals surface area contributed by atoms with Crippen LogP contribution in [0.2, 0.25) is 5.02 Å². The second-order valence-corrected chi connectivity index (χ2v) is 5.39. The van der Waals surface area contributed by atoms with Gasteiger partial charge in [-0.1, -0.05) is 25.4 Å². The molecule has 0 saturated heterocycles. The van der Waals surface area contributed by atoms with Crippen LogP contribution < -0.4 is 10.1 Å². The summed E-state index contributed by atoms with van der Waals surface area (Å²) in [5.41, 5.74) is 0. The number of hydrogen-bond donors (Lipinski definition) is 2. The van der Waals surface area contributed by atoms with Gasteiger partial charge in [-0.15, -0.1) is 0 Å². The highest BCUT2D eigenvalue weighted by molar-refractivity contribution is 9.10. The fraction of sp³-hybridized carbons (Fsp3) is 0.500. The van der Waals surface area contributed by atoms with Crippen molar-refractivity contribution in [1.82, 2.24) is 5.32 Å². The molecule has 1 rings (SSSR count). The predicted molar refractivity (Wildman–Crippen MR) is 73.8 cm³/mol. The standard InChI is InChI=1S/C12H17BrClNO2/c1-8(2)15-6-10(16)7-17-12-4-3-9(14)5-11(12)13/h3-5,8,10,15-16H,6-7H2,1-2H3. The van der Waals surface area contributed by atoms with E-state index in [-0.39, 0.29) is 6.61 Å². The lowest BCUT2D eigenvalue weighted by atomic mass is 10.3. The summed E-state index contributed by atoms with van der Waals surface area (Å²) in [5.74, 6) is 0.679. The van der Waals surface area contributed by atoms with Crippen LogP contribution in [-0.2, 0) is 0 Å². The van der Waals surface area contributed by atoms with E-state index in [1.165, 1.54) is 0 Å². The molecular weight excluding hydrogens is 305 g/mol. The number of halogens is 2. The number of benzene rings is 1. The Balaban J connectivity index is 2.39. The van der Waals surface area contributed by atoms with Gasteiger partial charge in [-0.3, -0.25) is 0 Å². The Labute approximate surface area is 115 Å². The van der Waals surface area contributed by atoms with Crippen molar-refractivity contribution < 1.29 is 9.84 Å². The lowest BCUT2D eigenvalue weighted by Gasteiger charge is -2.15. The molecule has 0 fully saturated rings. The number of aliphatic hydroxyl groups is 1. The Morgan fingerprint density at radius 3 is 2.76 bits per heavy atom. The number of aliphatic hydroxyl groups excluding tert-OH is 1. The Morgan fingerprint density at radius 1 is 1.47 bits per heavy atom. The summed E-state index contributed by atoms with van der Waals surface area (Å²) in [7, 11) is 0. The van der Waals surface area contributed by atoms with Gasteiger partial charge in [-0.25, -0.2) is 0 Å². The van der Waals surface area contributed by atoms with Gasteiger partial charge in [0, 0.05) is 17.6 Å². The maximum atomic E-state index is 9.68. The van der Waals surface area contributed by atoms with E-state index in [9.17, 15) is 5.11 Å². The van der Waals surface area contributed by atoms with Crippen molar-refractivity contribution in [2.45, 2.75) is 26.0 Å². The fourth-order valence-corrected chi connectivity index (χ4v) is 2.01. The lowest BCUT2D eigenvalue weighted by molar-refractivity contribution is 0.104. The second-order valence-electron chi connectivity index (χ2n) is 4.10. The maximum absolute atomic E-state index is 9.68. The van der Waals surface area contributed by atoms with Crippen LogP contribution in [0.5, 0.6) is 5.75 Å². The van der Waals surface area contributed by atoms with Gasteiger partial charge in [0.1, 0.15) is 18.5 Å². The van der Waals surface area contributed by atoms with Gasteiger partial charge < -0.3 is 15.2 Å². The Morgan fingerprint density at radius 2 is 2.18 bits per heavy atom. The van der Waals surface area contributed by atoms with Crippen LogP contribution >= 0.6 is 27.5 Å². The topological polar surface area (TPSA) is 41.5 Å². The Bertz CT molecular complexity index is 360. The minimum Gasteiger partial charge on any atom is -0.490 e. The van der Waals surface area contributed by atoms with Crippen LogP contribution in [0.15, 0.2) is 22.7 Å². The van der Waals surface area contributed by atoms with Crippen molar-refractivity contribution in [3.05, 3.63) is 27.7 Å². The molecular formula is C12H17BrClNO2. The SMILES string of the molecule is CC(C)NCC(O)COc1ccc(Cl)cc1Br. The van der Waals surface area contributed by atoms with Crippen molar-refractivity contribution in [1.29, 1.82) is 0 Å². The Hall–Kier alpha value is -0.290. The Kier molecular flexibility index (Phi) is 6.27. The van der Waals surface area contributed by atoms with E-state index in [1.807, 2.05) is 13.8 Å². The first-order valence-corrected chi connectivity index (χ1v) is 6.65. The fourth-order valence-electron chi connectivity index (χ4n) is 1.21. The van der Waals surface area contributed by atoms with E-state index in [0.29, 0.717) is 23.4 Å². The number of rotatable bonds is 6. The molecule has 0 aliphatic heterocycles. The lowest BCUT2D eigenvalue weighted by Crippen LogP contribution is -2.35. The summed E-state index contributed by atoms with van der Waals surface area (Å²) < 4.78 is 6.28. The molecule has 1 atom stereocenters. The first-order valence-electron chi connectivity index (χ1n) is 5.48. The maximum Gasteiger partial charge on any atom is 0.133 e. The van der Waals surface area contributed by atoms with Crippen LogP contribution in [0.25, 0.3) is 0 Å². The van der Waals surface area contributed by atoms with E-state index < -0.39 is 6.10 Å². The van der Waals surface area contributed by atoms with E-state index in [4.69, 9.17) is 16.3 Å². The van der Waals surface area contributed by atoms with E-state index in [1.54, 1.807) is 18.2 Å². The molecule has 2 N–H and O–H groups in total. The second kappa shape index (κ2) is 7.21. The third-order valence-corrected chi connectivity index (χ3v) is 2.94. The monoisotopic (exact) mass is 321 g/mol. The van der Waals surface area contributed by atoms with Crippen molar-refractivity contribution in [3.63, 3.8) is 0 Å². The van der Waals surface area contributed by atoms with Crippen LogP contribution in [0.4, 0.5) is 0 Å². The van der Waals surface area contributed by atoms with Gasteiger partial charge in [-0.2, -0.15) is 0 Å². The van der Waals surface area contributed by atoms with Crippen LogP contribution in [-0.4, -0.2) is 30.4 Å². The third-order valence-electron chi connectivity index (χ3n) is 2.09. The molecule has 0 amide bonds. The average Bonchev–Trinajstić information content (AvgIpc) is 2.25. The molecule has 96 valence electrons. The summed E-state index contributed by atoms with van der Waals surface area (Å²) >= 11 is 9.17. The van der Waals surface area contributed by atoms with Crippen LogP contribution in [0.1, 0.15) is 13.8 Å². The third kappa shape index (κ3) is 5.73. The van der Waals surface area contributed by atoms with Gasteiger partial charge in [0.15, 0.2) is 0 Å². The zero-order valence-corrected chi connectivity index (χ0v) is 12.3. The minimum atomic E-state index is -0.528. The molecule has 0 radical (unpaired) electrons. The molecule has 1 aromatic rings. The summed E-state index contributed by atoms with van der Waals surface area (Å²) in [6, 6.07) is 5.64. The van der Waals surface area contributed by atoms with E-state index >= 15 is 0 Å². The predicted octanol–water partition coefficient (Wildman–Crippen LogP) is 2.84. The normalized spacial score (nSPS) is 12.8. The molecule has 3 nitrogen and oxygen atoms in total. The summed E-state index contributed by atoms with van der Waals surface area (Å²) in [5, 5.41) is 13.5. The van der Waals surface area contributed by atoms with E-state index in [0.717, 1.165) is 4.47 Å². The number of nitrogens with one attached hydrogen (secondary N) is 1.